The van der Waals surface area contributed by atoms with E-state index < -0.39 is 6.43 Å². The van der Waals surface area contributed by atoms with Crippen LogP contribution in [0.5, 0.6) is 0 Å². The normalized spacial score (nSPS) is 29.5. The molecular weight excluding hydrogens is 342 g/mol. The molecule has 6 rings (SSSR count). The number of rotatable bonds is 3. The highest BCUT2D eigenvalue weighted by atomic mass is 32.1. The Kier molecular flexibility index (Phi) is 3.44. The molecule has 1 saturated carbocycles. The summed E-state index contributed by atoms with van der Waals surface area (Å²) in [4.78, 5) is 15.9. The van der Waals surface area contributed by atoms with Crippen molar-refractivity contribution >= 4 is 27.3 Å². The van der Waals surface area contributed by atoms with Gasteiger partial charge in [-0.05, 0) is 56.1 Å². The molecule has 1 aliphatic carbocycles. The van der Waals surface area contributed by atoms with Crippen LogP contribution in [0.4, 0.5) is 8.78 Å². The number of alkyl halides is 2. The number of hydrogen-bond acceptors (Lipinski definition) is 3. The standard InChI is InChI=1S/C19H20F2N2OS/c20-17(21)13-3-1-2-12-10-14(25-15(12)13)18(24)22-16-11-4-8-23(9-5-11)19(16)6-7-19/h1-3,10-11,16-17H,4-9H2,(H,22,24)/t16-/m0/s1. The SMILES string of the molecule is O=C(N[C@H]1C2CCN(CC2)C12CC2)c1cc2cccc(C(F)F)c2s1. The van der Waals surface area contributed by atoms with Gasteiger partial charge in [-0.25, -0.2) is 8.78 Å². The Labute approximate surface area is 149 Å². The Morgan fingerprint density at radius 2 is 2.04 bits per heavy atom. The fraction of sp³-hybridized carbons (Fsp3) is 0.526. The largest absolute Gasteiger partial charge is 0.346 e. The molecule has 1 aromatic carbocycles. The van der Waals surface area contributed by atoms with Gasteiger partial charge in [0, 0.05) is 15.8 Å². The first-order valence-corrected chi connectivity index (χ1v) is 9.77. The van der Waals surface area contributed by atoms with Crippen LogP contribution in [0.15, 0.2) is 24.3 Å². The van der Waals surface area contributed by atoms with E-state index in [1.807, 2.05) is 0 Å². The molecule has 3 saturated heterocycles. The number of carbonyl (C=O) groups is 1. The zero-order valence-corrected chi connectivity index (χ0v) is 14.6. The van der Waals surface area contributed by atoms with Crippen molar-refractivity contribution in [3.8, 4) is 0 Å². The summed E-state index contributed by atoms with van der Waals surface area (Å²) >= 11 is 1.18. The van der Waals surface area contributed by atoms with Gasteiger partial charge < -0.3 is 5.32 Å². The summed E-state index contributed by atoms with van der Waals surface area (Å²) in [6, 6.07) is 6.83. The average molecular weight is 362 g/mol. The van der Waals surface area contributed by atoms with Crippen LogP contribution in [0, 0.1) is 5.92 Å². The predicted octanol–water partition coefficient (Wildman–Crippen LogP) is 4.20. The number of nitrogens with zero attached hydrogens (tertiary/aromatic N) is 1. The zero-order chi connectivity index (χ0) is 17.2. The van der Waals surface area contributed by atoms with E-state index in [1.165, 1.54) is 17.4 Å². The summed E-state index contributed by atoms with van der Waals surface area (Å²) in [7, 11) is 0. The molecule has 1 spiro atoms. The number of nitrogens with one attached hydrogen (secondary N) is 1. The van der Waals surface area contributed by atoms with Gasteiger partial charge in [-0.3, -0.25) is 9.69 Å². The molecule has 1 aromatic heterocycles. The lowest BCUT2D eigenvalue weighted by Crippen LogP contribution is -2.65. The minimum atomic E-state index is -2.52. The van der Waals surface area contributed by atoms with Gasteiger partial charge in [0.05, 0.1) is 10.9 Å². The molecule has 6 heteroatoms. The number of amides is 1. The van der Waals surface area contributed by atoms with Crippen molar-refractivity contribution < 1.29 is 13.6 Å². The Balaban J connectivity index is 1.43. The van der Waals surface area contributed by atoms with Crippen molar-refractivity contribution in [2.75, 3.05) is 13.1 Å². The first-order chi connectivity index (χ1) is 12.1. The number of hydrogen-bond donors (Lipinski definition) is 1. The molecule has 0 radical (unpaired) electrons. The summed E-state index contributed by atoms with van der Waals surface area (Å²) in [5.74, 6) is 0.453. The molecule has 4 fully saturated rings. The number of benzene rings is 1. The Bertz CT molecular complexity index is 837. The maximum atomic E-state index is 13.2. The van der Waals surface area contributed by atoms with Crippen LogP contribution in [0.3, 0.4) is 0 Å². The van der Waals surface area contributed by atoms with Gasteiger partial charge in [-0.1, -0.05) is 18.2 Å². The van der Waals surface area contributed by atoms with E-state index in [9.17, 15) is 13.6 Å². The first-order valence-electron chi connectivity index (χ1n) is 8.95. The van der Waals surface area contributed by atoms with E-state index in [1.54, 1.807) is 18.2 Å². The third-order valence-corrected chi connectivity index (χ3v) is 7.50. The van der Waals surface area contributed by atoms with Crippen LogP contribution >= 0.6 is 11.3 Å². The smallest absolute Gasteiger partial charge is 0.265 e. The minimum Gasteiger partial charge on any atom is -0.346 e. The van der Waals surface area contributed by atoms with E-state index in [4.69, 9.17) is 0 Å². The Hall–Kier alpha value is -1.53. The van der Waals surface area contributed by atoms with Crippen LogP contribution in [0.25, 0.3) is 10.1 Å². The van der Waals surface area contributed by atoms with Crippen molar-refractivity contribution in [1.82, 2.24) is 10.2 Å². The van der Waals surface area contributed by atoms with E-state index in [0.29, 0.717) is 15.5 Å². The fourth-order valence-electron chi connectivity index (χ4n) is 4.90. The van der Waals surface area contributed by atoms with Gasteiger partial charge in [0.15, 0.2) is 0 Å². The molecule has 0 unspecified atom stereocenters. The van der Waals surface area contributed by atoms with Gasteiger partial charge in [0.1, 0.15) is 0 Å². The topological polar surface area (TPSA) is 32.3 Å². The second-order valence-electron chi connectivity index (χ2n) is 7.56. The van der Waals surface area contributed by atoms with Crippen LogP contribution in [0.1, 0.15) is 47.3 Å². The van der Waals surface area contributed by atoms with E-state index in [0.717, 1.165) is 44.2 Å². The Morgan fingerprint density at radius 3 is 2.72 bits per heavy atom. The molecule has 3 nitrogen and oxygen atoms in total. The van der Waals surface area contributed by atoms with Gasteiger partial charge in [-0.15, -0.1) is 11.3 Å². The highest BCUT2D eigenvalue weighted by Gasteiger charge is 2.60. The van der Waals surface area contributed by atoms with Gasteiger partial charge in [0.25, 0.3) is 12.3 Å². The lowest BCUT2D eigenvalue weighted by Gasteiger charge is -2.52. The lowest BCUT2D eigenvalue weighted by atomic mass is 9.77. The van der Waals surface area contributed by atoms with Crippen molar-refractivity contribution in [2.45, 2.75) is 43.7 Å². The molecule has 3 aliphatic heterocycles. The molecule has 1 N–H and O–H groups in total. The average Bonchev–Trinajstić information content (AvgIpc) is 3.26. The quantitative estimate of drug-likeness (QED) is 0.888. The fourth-order valence-corrected chi connectivity index (χ4v) is 5.98. The van der Waals surface area contributed by atoms with Crippen molar-refractivity contribution in [1.29, 1.82) is 0 Å². The molecule has 25 heavy (non-hydrogen) atoms. The number of fused-ring (bicyclic) bond motifs is 3. The monoisotopic (exact) mass is 362 g/mol. The number of carbonyl (C=O) groups excluding carboxylic acids is 1. The Morgan fingerprint density at radius 1 is 1.28 bits per heavy atom. The molecule has 1 amide bonds. The minimum absolute atomic E-state index is 0.0167. The molecule has 132 valence electrons. The van der Waals surface area contributed by atoms with Crippen LogP contribution in [-0.4, -0.2) is 35.5 Å². The zero-order valence-electron chi connectivity index (χ0n) is 13.8. The first kappa shape index (κ1) is 15.7. The molecule has 2 aromatic rings. The van der Waals surface area contributed by atoms with E-state index in [-0.39, 0.29) is 23.1 Å². The lowest BCUT2D eigenvalue weighted by molar-refractivity contribution is -0.00138. The third kappa shape index (κ3) is 2.34. The highest BCUT2D eigenvalue weighted by Crippen LogP contribution is 2.53. The number of thiophene rings is 1. The second kappa shape index (κ2) is 5.48. The maximum Gasteiger partial charge on any atom is 0.265 e. The number of piperidine rings is 3. The van der Waals surface area contributed by atoms with Gasteiger partial charge in [0.2, 0.25) is 0 Å². The van der Waals surface area contributed by atoms with Crippen LogP contribution in [0.2, 0.25) is 0 Å². The predicted molar refractivity (Wildman–Crippen MR) is 94.3 cm³/mol. The summed E-state index contributed by atoms with van der Waals surface area (Å²) in [6.45, 7) is 2.30. The third-order valence-electron chi connectivity index (χ3n) is 6.30. The van der Waals surface area contributed by atoms with Crippen molar-refractivity contribution in [3.05, 3.63) is 34.7 Å². The summed E-state index contributed by atoms with van der Waals surface area (Å²) in [6.07, 6.45) is 2.10. The van der Waals surface area contributed by atoms with Gasteiger partial charge >= 0.3 is 0 Å². The summed E-state index contributed by atoms with van der Waals surface area (Å²) in [5, 5.41) is 4.00. The summed E-state index contributed by atoms with van der Waals surface area (Å²) in [5.41, 5.74) is 0.199. The highest BCUT2D eigenvalue weighted by molar-refractivity contribution is 7.21. The molecule has 2 bridgehead atoms. The molecule has 1 atom stereocenters. The van der Waals surface area contributed by atoms with Crippen LogP contribution in [-0.2, 0) is 0 Å². The molecular formula is C19H20F2N2OS. The van der Waals surface area contributed by atoms with Gasteiger partial charge in [-0.2, -0.15) is 0 Å². The van der Waals surface area contributed by atoms with Crippen molar-refractivity contribution in [2.24, 2.45) is 5.92 Å². The van der Waals surface area contributed by atoms with E-state index >= 15 is 0 Å². The number of halogens is 2. The second-order valence-corrected chi connectivity index (χ2v) is 8.61. The molecule has 4 aliphatic rings. The summed E-state index contributed by atoms with van der Waals surface area (Å²) < 4.78 is 26.9. The van der Waals surface area contributed by atoms with Crippen molar-refractivity contribution in [3.63, 3.8) is 0 Å². The van der Waals surface area contributed by atoms with Crippen LogP contribution < -0.4 is 5.32 Å². The van der Waals surface area contributed by atoms with E-state index in [2.05, 4.69) is 10.2 Å². The molecule has 4 heterocycles. The maximum absolute atomic E-state index is 13.2.